The number of nitrogens with zero attached hydrogens (tertiary/aromatic N) is 1. The first kappa shape index (κ1) is 12.0. The number of methoxy groups -OCH3 is 1. The second-order valence-electron chi connectivity index (χ2n) is 3.52. The largest absolute Gasteiger partial charge is 0.496 e. The molecule has 1 aromatic carbocycles. The predicted molar refractivity (Wildman–Crippen MR) is 70.0 cm³/mol. The van der Waals surface area contributed by atoms with Crippen LogP contribution in [0.3, 0.4) is 0 Å². The van der Waals surface area contributed by atoms with Gasteiger partial charge in [-0.2, -0.15) is 4.98 Å². The summed E-state index contributed by atoms with van der Waals surface area (Å²) in [6.45, 7) is 1.99. The average Bonchev–Trinajstić information content (AvgIpc) is 2.70. The highest BCUT2D eigenvalue weighted by Gasteiger charge is 2.16. The molecule has 17 heavy (non-hydrogen) atoms. The fourth-order valence-electron chi connectivity index (χ4n) is 1.69. The zero-order valence-corrected chi connectivity index (χ0v) is 11.2. The molecule has 1 aromatic heterocycles. The molecular weight excluding hydrogens is 284 g/mol. The van der Waals surface area contributed by atoms with E-state index in [-0.39, 0.29) is 6.01 Å². The summed E-state index contributed by atoms with van der Waals surface area (Å²) in [5.41, 5.74) is 7.20. The van der Waals surface area contributed by atoms with Gasteiger partial charge in [-0.05, 0) is 18.2 Å². The van der Waals surface area contributed by atoms with Crippen LogP contribution in [0.15, 0.2) is 27.1 Å². The number of nitrogens with two attached hydrogens (primary N) is 1. The van der Waals surface area contributed by atoms with E-state index >= 15 is 0 Å². The Balaban J connectivity index is 2.61. The van der Waals surface area contributed by atoms with E-state index in [0.717, 1.165) is 33.7 Å². The topological polar surface area (TPSA) is 61.3 Å². The van der Waals surface area contributed by atoms with Crippen molar-refractivity contribution in [1.29, 1.82) is 0 Å². The van der Waals surface area contributed by atoms with Crippen LogP contribution in [-0.4, -0.2) is 12.1 Å². The monoisotopic (exact) mass is 296 g/mol. The Hall–Kier alpha value is -1.49. The van der Waals surface area contributed by atoms with E-state index < -0.39 is 0 Å². The first-order valence-electron chi connectivity index (χ1n) is 5.24. The molecule has 0 aliphatic carbocycles. The quantitative estimate of drug-likeness (QED) is 0.944. The molecule has 5 heteroatoms. The maximum absolute atomic E-state index is 5.59. The summed E-state index contributed by atoms with van der Waals surface area (Å²) in [5, 5.41) is 0. The van der Waals surface area contributed by atoms with Crippen LogP contribution in [0.5, 0.6) is 5.75 Å². The molecule has 0 radical (unpaired) electrons. The Morgan fingerprint density at radius 3 is 2.88 bits per heavy atom. The Labute approximate surface area is 108 Å². The molecule has 0 bridgehead atoms. The van der Waals surface area contributed by atoms with Gasteiger partial charge in [0.2, 0.25) is 0 Å². The van der Waals surface area contributed by atoms with Gasteiger partial charge < -0.3 is 14.9 Å². The van der Waals surface area contributed by atoms with Crippen molar-refractivity contribution in [3.05, 3.63) is 28.4 Å². The third-order valence-corrected chi connectivity index (χ3v) is 2.94. The number of hydrogen-bond donors (Lipinski definition) is 1. The summed E-state index contributed by atoms with van der Waals surface area (Å²) in [5.74, 6) is 1.51. The number of ether oxygens (including phenoxy) is 1. The van der Waals surface area contributed by atoms with Gasteiger partial charge in [0.1, 0.15) is 17.2 Å². The van der Waals surface area contributed by atoms with Gasteiger partial charge in [0.25, 0.3) is 6.01 Å². The molecule has 2 aromatic rings. The molecule has 0 saturated carbocycles. The predicted octanol–water partition coefficient (Wildman–Crippen LogP) is 3.26. The first-order valence-corrected chi connectivity index (χ1v) is 6.04. The summed E-state index contributed by atoms with van der Waals surface area (Å²) in [7, 11) is 1.63. The minimum absolute atomic E-state index is 0.180. The van der Waals surface area contributed by atoms with Gasteiger partial charge in [-0.3, -0.25) is 0 Å². The molecule has 0 fully saturated rings. The van der Waals surface area contributed by atoms with E-state index in [1.165, 1.54) is 0 Å². The molecule has 0 amide bonds. The van der Waals surface area contributed by atoms with Crippen LogP contribution in [0, 0.1) is 0 Å². The smallest absolute Gasteiger partial charge is 0.292 e. The van der Waals surface area contributed by atoms with Crippen molar-refractivity contribution in [2.75, 3.05) is 12.8 Å². The molecular formula is C12H13BrN2O2. The Kier molecular flexibility index (Phi) is 3.38. The van der Waals surface area contributed by atoms with Gasteiger partial charge >= 0.3 is 0 Å². The lowest BCUT2D eigenvalue weighted by Gasteiger charge is -2.07. The lowest BCUT2D eigenvalue weighted by atomic mass is 10.1. The van der Waals surface area contributed by atoms with Crippen LogP contribution in [0.4, 0.5) is 6.01 Å². The van der Waals surface area contributed by atoms with Crippen LogP contribution >= 0.6 is 15.9 Å². The van der Waals surface area contributed by atoms with Gasteiger partial charge in [-0.25, -0.2) is 0 Å². The molecule has 2 rings (SSSR count). The molecule has 4 nitrogen and oxygen atoms in total. The molecule has 0 spiro atoms. The van der Waals surface area contributed by atoms with Gasteiger partial charge in [-0.1, -0.05) is 22.9 Å². The summed E-state index contributed by atoms with van der Waals surface area (Å²) in [6.07, 6.45) is 0.731. The third kappa shape index (κ3) is 2.29. The number of oxazole rings is 1. The van der Waals surface area contributed by atoms with E-state index in [0.29, 0.717) is 0 Å². The lowest BCUT2D eigenvalue weighted by Crippen LogP contribution is -1.91. The van der Waals surface area contributed by atoms with Crippen molar-refractivity contribution in [3.8, 4) is 17.0 Å². The number of benzene rings is 1. The molecule has 0 unspecified atom stereocenters. The van der Waals surface area contributed by atoms with Crippen molar-refractivity contribution in [2.24, 2.45) is 0 Å². The number of hydrogen-bond acceptors (Lipinski definition) is 4. The fourth-order valence-corrected chi connectivity index (χ4v) is 2.05. The molecule has 2 N–H and O–H groups in total. The van der Waals surface area contributed by atoms with Crippen molar-refractivity contribution in [3.63, 3.8) is 0 Å². The standard InChI is InChI=1S/C12H13BrN2O2/c1-3-9-11(15-12(14)17-9)8-6-7(13)4-5-10(8)16-2/h4-6H,3H2,1-2H3,(H2,14,15). The number of aryl methyl sites for hydroxylation is 1. The minimum Gasteiger partial charge on any atom is -0.496 e. The van der Waals surface area contributed by atoms with Crippen LogP contribution in [-0.2, 0) is 6.42 Å². The van der Waals surface area contributed by atoms with E-state index in [1.54, 1.807) is 7.11 Å². The third-order valence-electron chi connectivity index (χ3n) is 2.45. The first-order chi connectivity index (χ1) is 8.15. The van der Waals surface area contributed by atoms with E-state index in [2.05, 4.69) is 20.9 Å². The second-order valence-corrected chi connectivity index (χ2v) is 4.44. The number of rotatable bonds is 3. The molecule has 90 valence electrons. The van der Waals surface area contributed by atoms with Gasteiger partial charge in [0, 0.05) is 16.5 Å². The minimum atomic E-state index is 0.180. The molecule has 0 atom stereocenters. The van der Waals surface area contributed by atoms with E-state index in [9.17, 15) is 0 Å². The highest BCUT2D eigenvalue weighted by Crippen LogP contribution is 2.35. The number of nitrogen functional groups attached to an aromatic ring is 1. The van der Waals surface area contributed by atoms with Crippen molar-refractivity contribution < 1.29 is 9.15 Å². The van der Waals surface area contributed by atoms with Crippen molar-refractivity contribution in [1.82, 2.24) is 4.98 Å². The van der Waals surface area contributed by atoms with Gasteiger partial charge in [-0.15, -0.1) is 0 Å². The summed E-state index contributed by atoms with van der Waals surface area (Å²) in [4.78, 5) is 4.21. The zero-order valence-electron chi connectivity index (χ0n) is 9.66. The molecule has 0 aliphatic rings. The van der Waals surface area contributed by atoms with E-state index in [1.807, 2.05) is 25.1 Å². The molecule has 1 heterocycles. The number of anilines is 1. The van der Waals surface area contributed by atoms with Gasteiger partial charge in [0.05, 0.1) is 7.11 Å². The second kappa shape index (κ2) is 4.79. The highest BCUT2D eigenvalue weighted by atomic mass is 79.9. The Morgan fingerprint density at radius 2 is 2.24 bits per heavy atom. The van der Waals surface area contributed by atoms with Gasteiger partial charge in [0.15, 0.2) is 0 Å². The number of aromatic nitrogens is 1. The zero-order chi connectivity index (χ0) is 12.4. The Bertz CT molecular complexity index is 537. The summed E-state index contributed by atoms with van der Waals surface area (Å²) >= 11 is 3.43. The van der Waals surface area contributed by atoms with E-state index in [4.69, 9.17) is 14.9 Å². The normalized spacial score (nSPS) is 10.5. The van der Waals surface area contributed by atoms with Crippen LogP contribution in [0.25, 0.3) is 11.3 Å². The Morgan fingerprint density at radius 1 is 1.47 bits per heavy atom. The number of halogens is 1. The summed E-state index contributed by atoms with van der Waals surface area (Å²) < 4.78 is 11.6. The van der Waals surface area contributed by atoms with Crippen molar-refractivity contribution >= 4 is 21.9 Å². The molecule has 0 aliphatic heterocycles. The average molecular weight is 297 g/mol. The molecule has 0 saturated heterocycles. The SMILES string of the molecule is CCc1oc(N)nc1-c1cc(Br)ccc1OC. The van der Waals surface area contributed by atoms with Crippen LogP contribution in [0.2, 0.25) is 0 Å². The fraction of sp³-hybridized carbons (Fsp3) is 0.250. The highest BCUT2D eigenvalue weighted by molar-refractivity contribution is 9.10. The van der Waals surface area contributed by atoms with Crippen molar-refractivity contribution in [2.45, 2.75) is 13.3 Å². The maximum atomic E-state index is 5.59. The summed E-state index contributed by atoms with van der Waals surface area (Å²) in [6, 6.07) is 5.91. The maximum Gasteiger partial charge on any atom is 0.292 e. The van der Waals surface area contributed by atoms with Crippen LogP contribution < -0.4 is 10.5 Å². The lowest BCUT2D eigenvalue weighted by molar-refractivity contribution is 0.416. The van der Waals surface area contributed by atoms with Crippen LogP contribution in [0.1, 0.15) is 12.7 Å².